The van der Waals surface area contributed by atoms with Crippen molar-refractivity contribution in [3.05, 3.63) is 11.5 Å². The zero-order chi connectivity index (χ0) is 15.1. The van der Waals surface area contributed by atoms with Crippen molar-refractivity contribution in [1.29, 1.82) is 0 Å². The lowest BCUT2D eigenvalue weighted by Gasteiger charge is -2.52. The van der Waals surface area contributed by atoms with Gasteiger partial charge in [0.2, 0.25) is 0 Å². The first kappa shape index (κ1) is 14.8. The molecule has 2 rings (SSSR count). The summed E-state index contributed by atoms with van der Waals surface area (Å²) in [6, 6.07) is 0.185. The maximum atomic E-state index is 11.7. The molecule has 6 heteroatoms. The molecule has 1 fully saturated rings. The molecule has 0 saturated heterocycles. The molecule has 1 heterocycles. The number of hydrogen-bond donors (Lipinski definition) is 1. The van der Waals surface area contributed by atoms with Gasteiger partial charge in [-0.05, 0) is 20.3 Å². The number of ether oxygens (including phenoxy) is 2. The molecule has 20 heavy (non-hydrogen) atoms. The van der Waals surface area contributed by atoms with Gasteiger partial charge in [-0.15, -0.1) is 0 Å². The van der Waals surface area contributed by atoms with Crippen molar-refractivity contribution in [2.75, 3.05) is 19.5 Å². The second-order valence-electron chi connectivity index (χ2n) is 5.77. The van der Waals surface area contributed by atoms with Crippen molar-refractivity contribution in [2.45, 2.75) is 46.3 Å². The maximum Gasteiger partial charge on any atom is 0.360 e. The number of aryl methyl sites for hydroxylation is 1. The summed E-state index contributed by atoms with van der Waals surface area (Å²) in [7, 11) is 1.33. The number of nitrogens with two attached hydrogens (primary N) is 1. The van der Waals surface area contributed by atoms with Crippen molar-refractivity contribution in [3.63, 3.8) is 0 Å². The number of carbonyl (C=O) groups excluding carboxylic acids is 1. The first-order valence-electron chi connectivity index (χ1n) is 6.88. The van der Waals surface area contributed by atoms with E-state index in [1.807, 2.05) is 18.4 Å². The van der Waals surface area contributed by atoms with Crippen molar-refractivity contribution in [2.24, 2.45) is 5.41 Å². The summed E-state index contributed by atoms with van der Waals surface area (Å²) in [5.74, 6) is 0.612. The average Bonchev–Trinajstić information content (AvgIpc) is 2.69. The lowest BCUT2D eigenvalue weighted by molar-refractivity contribution is -0.127. The number of rotatable bonds is 4. The molecule has 1 aromatic rings. The first-order chi connectivity index (χ1) is 9.34. The van der Waals surface area contributed by atoms with E-state index in [2.05, 4.69) is 18.8 Å². The molecular weight excluding hydrogens is 258 g/mol. The molecule has 0 aliphatic heterocycles. The summed E-state index contributed by atoms with van der Waals surface area (Å²) in [5, 5.41) is 0. The predicted octanol–water partition coefficient (Wildman–Crippen LogP) is 1.94. The Morgan fingerprint density at radius 3 is 2.70 bits per heavy atom. The molecule has 1 saturated carbocycles. The zero-order valence-electron chi connectivity index (χ0n) is 12.8. The number of aromatic nitrogens is 2. The van der Waals surface area contributed by atoms with Crippen LogP contribution in [0.25, 0.3) is 0 Å². The molecule has 2 atom stereocenters. The summed E-state index contributed by atoms with van der Waals surface area (Å²) in [4.78, 5) is 15.9. The number of nitrogens with zero attached hydrogens (tertiary/aromatic N) is 2. The molecule has 2 N–H and O–H groups in total. The molecule has 2 unspecified atom stereocenters. The van der Waals surface area contributed by atoms with Crippen LogP contribution in [-0.4, -0.2) is 35.3 Å². The molecule has 1 aromatic heterocycles. The largest absolute Gasteiger partial charge is 0.464 e. The molecule has 0 amide bonds. The quantitative estimate of drug-likeness (QED) is 0.853. The fraction of sp³-hybridized carbons (Fsp3) is 0.714. The molecule has 1 aliphatic carbocycles. The Balaban J connectivity index is 2.32. The molecule has 112 valence electrons. The van der Waals surface area contributed by atoms with Gasteiger partial charge >= 0.3 is 5.97 Å². The second-order valence-corrected chi connectivity index (χ2v) is 5.77. The van der Waals surface area contributed by atoms with E-state index < -0.39 is 5.97 Å². The highest BCUT2D eigenvalue weighted by molar-refractivity contribution is 5.92. The van der Waals surface area contributed by atoms with Crippen LogP contribution in [0.15, 0.2) is 0 Å². The van der Waals surface area contributed by atoms with Gasteiger partial charge in [-0.3, -0.25) is 0 Å². The van der Waals surface area contributed by atoms with E-state index in [0.717, 1.165) is 12.2 Å². The van der Waals surface area contributed by atoms with E-state index >= 15 is 0 Å². The minimum absolute atomic E-state index is 0.0387. The van der Waals surface area contributed by atoms with Crippen LogP contribution < -0.4 is 5.73 Å². The minimum Gasteiger partial charge on any atom is -0.464 e. The van der Waals surface area contributed by atoms with E-state index in [1.165, 1.54) is 7.11 Å². The van der Waals surface area contributed by atoms with Gasteiger partial charge in [-0.2, -0.15) is 0 Å². The van der Waals surface area contributed by atoms with Crippen LogP contribution in [0.2, 0.25) is 0 Å². The Morgan fingerprint density at radius 1 is 1.55 bits per heavy atom. The van der Waals surface area contributed by atoms with Gasteiger partial charge in [0.1, 0.15) is 11.6 Å². The normalized spacial score (nSPS) is 24.2. The van der Waals surface area contributed by atoms with Gasteiger partial charge in [0.25, 0.3) is 0 Å². The second kappa shape index (κ2) is 5.09. The van der Waals surface area contributed by atoms with E-state index in [9.17, 15) is 4.79 Å². The summed E-state index contributed by atoms with van der Waals surface area (Å²) in [6.45, 7) is 8.85. The third-order valence-electron chi connectivity index (χ3n) is 4.31. The first-order valence-corrected chi connectivity index (χ1v) is 6.88. The molecule has 6 nitrogen and oxygen atoms in total. The number of nitrogen functional groups attached to an aromatic ring is 1. The molecule has 0 radical (unpaired) electrons. The lowest BCUT2D eigenvalue weighted by atomic mass is 9.64. The number of carbonyl (C=O) groups is 1. The van der Waals surface area contributed by atoms with E-state index in [0.29, 0.717) is 12.4 Å². The predicted molar refractivity (Wildman–Crippen MR) is 75.6 cm³/mol. The Labute approximate surface area is 119 Å². The van der Waals surface area contributed by atoms with Crippen molar-refractivity contribution in [3.8, 4) is 0 Å². The standard InChI is InChI=1S/C14H23N3O3/c1-6-20-10-7-9(14(10,3)4)17-8(2)16-11(12(17)15)13(18)19-5/h9-10H,6-7,15H2,1-5H3. The van der Waals surface area contributed by atoms with E-state index in [-0.39, 0.29) is 23.3 Å². The van der Waals surface area contributed by atoms with Gasteiger partial charge < -0.3 is 19.8 Å². The third-order valence-corrected chi connectivity index (χ3v) is 4.31. The summed E-state index contributed by atoms with van der Waals surface area (Å²) >= 11 is 0. The van der Waals surface area contributed by atoms with Crippen molar-refractivity contribution < 1.29 is 14.3 Å². The Bertz CT molecular complexity index is 522. The van der Waals surface area contributed by atoms with Gasteiger partial charge in [0.15, 0.2) is 5.69 Å². The summed E-state index contributed by atoms with van der Waals surface area (Å²) in [6.07, 6.45) is 1.09. The van der Waals surface area contributed by atoms with Crippen LogP contribution in [0.4, 0.5) is 5.82 Å². The van der Waals surface area contributed by atoms with E-state index in [4.69, 9.17) is 15.2 Å². The minimum atomic E-state index is -0.497. The molecule has 1 aliphatic rings. The fourth-order valence-corrected chi connectivity index (χ4v) is 2.99. The summed E-state index contributed by atoms with van der Waals surface area (Å²) in [5.41, 5.74) is 6.25. The molecule has 0 bridgehead atoms. The number of esters is 1. The number of imidazole rings is 1. The monoisotopic (exact) mass is 281 g/mol. The number of anilines is 1. The van der Waals surface area contributed by atoms with Crippen LogP contribution >= 0.6 is 0 Å². The molecule has 0 spiro atoms. The number of hydrogen-bond acceptors (Lipinski definition) is 5. The highest BCUT2D eigenvalue weighted by atomic mass is 16.5. The van der Waals surface area contributed by atoms with Crippen LogP contribution in [0, 0.1) is 12.3 Å². The number of methoxy groups -OCH3 is 1. The highest BCUT2D eigenvalue weighted by Gasteiger charge is 2.51. The molecular formula is C14H23N3O3. The third kappa shape index (κ3) is 2.08. The smallest absolute Gasteiger partial charge is 0.360 e. The van der Waals surface area contributed by atoms with Crippen LogP contribution in [0.5, 0.6) is 0 Å². The highest BCUT2D eigenvalue weighted by Crippen LogP contribution is 2.52. The fourth-order valence-electron chi connectivity index (χ4n) is 2.99. The molecule has 0 aromatic carbocycles. The topological polar surface area (TPSA) is 79.4 Å². The van der Waals surface area contributed by atoms with Gasteiger partial charge in [-0.1, -0.05) is 13.8 Å². The zero-order valence-corrected chi connectivity index (χ0v) is 12.8. The maximum absolute atomic E-state index is 11.7. The van der Waals surface area contributed by atoms with Crippen molar-refractivity contribution >= 4 is 11.8 Å². The van der Waals surface area contributed by atoms with Gasteiger partial charge in [0.05, 0.1) is 13.2 Å². The van der Waals surface area contributed by atoms with Gasteiger partial charge in [0, 0.05) is 18.1 Å². The van der Waals surface area contributed by atoms with Crippen LogP contribution in [0.3, 0.4) is 0 Å². The van der Waals surface area contributed by atoms with Gasteiger partial charge in [-0.25, -0.2) is 9.78 Å². The Morgan fingerprint density at radius 2 is 2.20 bits per heavy atom. The lowest BCUT2D eigenvalue weighted by Crippen LogP contribution is -2.51. The van der Waals surface area contributed by atoms with E-state index in [1.54, 1.807) is 0 Å². The Hall–Kier alpha value is -1.56. The Kier molecular flexibility index (Phi) is 3.77. The van der Waals surface area contributed by atoms with Crippen molar-refractivity contribution in [1.82, 2.24) is 9.55 Å². The van der Waals surface area contributed by atoms with Crippen LogP contribution in [0.1, 0.15) is 49.5 Å². The summed E-state index contributed by atoms with van der Waals surface area (Å²) < 4.78 is 12.4. The average molecular weight is 281 g/mol. The SMILES string of the molecule is CCOC1CC(n2c(C)nc(C(=O)OC)c2N)C1(C)C. The van der Waals surface area contributed by atoms with Crippen LogP contribution in [-0.2, 0) is 9.47 Å².